The number of aromatic nitrogens is 6. The van der Waals surface area contributed by atoms with Gasteiger partial charge in [-0.2, -0.15) is 9.49 Å². The summed E-state index contributed by atoms with van der Waals surface area (Å²) < 4.78 is 36.2. The van der Waals surface area contributed by atoms with Gasteiger partial charge in [0, 0.05) is 16.6 Å². The van der Waals surface area contributed by atoms with Crippen LogP contribution in [0.2, 0.25) is 0 Å². The number of nitrogen functional groups attached to an aromatic ring is 1. The van der Waals surface area contributed by atoms with Crippen LogP contribution in [0.25, 0.3) is 38.4 Å². The Kier molecular flexibility index (Phi) is 6.75. The molecule has 0 radical (unpaired) electrons. The maximum absolute atomic E-state index is 14.9. The first kappa shape index (κ1) is 26.9. The summed E-state index contributed by atoms with van der Waals surface area (Å²) in [4.78, 5) is 28.0. The molecule has 0 aliphatic carbocycles. The van der Waals surface area contributed by atoms with Crippen molar-refractivity contribution in [1.29, 1.82) is 0 Å². The van der Waals surface area contributed by atoms with E-state index < -0.39 is 18.0 Å². The highest BCUT2D eigenvalue weighted by atomic mass is 32.1. The van der Waals surface area contributed by atoms with Crippen molar-refractivity contribution < 1.29 is 13.5 Å². The van der Waals surface area contributed by atoms with Gasteiger partial charge in [0.2, 0.25) is 6.10 Å². The molecule has 13 heteroatoms. The molecule has 0 spiro atoms. The van der Waals surface area contributed by atoms with Crippen LogP contribution >= 0.6 is 20.6 Å². The Balaban J connectivity index is 1.59. The number of halogens is 2. The summed E-state index contributed by atoms with van der Waals surface area (Å²) in [6, 6.07) is 11.2. The minimum atomic E-state index is -1.76. The number of alkyl halides is 1. The number of nitrogens with zero attached hydrogens (tertiary/aromatic N) is 6. The van der Waals surface area contributed by atoms with Crippen molar-refractivity contribution in [2.75, 3.05) is 5.73 Å². The Morgan fingerprint density at radius 3 is 2.66 bits per heavy atom. The Hall–Kier alpha value is -4.28. The van der Waals surface area contributed by atoms with Crippen LogP contribution in [-0.4, -0.2) is 35.2 Å². The highest BCUT2D eigenvalue weighted by molar-refractivity contribution is 7.16. The van der Waals surface area contributed by atoms with Crippen LogP contribution in [0.3, 0.4) is 0 Å². The fourth-order valence-corrected chi connectivity index (χ4v) is 5.93. The van der Waals surface area contributed by atoms with Crippen molar-refractivity contribution in [3.8, 4) is 28.1 Å². The van der Waals surface area contributed by atoms with E-state index in [1.165, 1.54) is 29.8 Å². The van der Waals surface area contributed by atoms with Gasteiger partial charge in [-0.15, -0.1) is 11.3 Å². The van der Waals surface area contributed by atoms with E-state index in [1.54, 1.807) is 15.1 Å². The standard InChI is InChI=1S/C28H24F2N7O2PS/c1-13-5-4-6-16(9-13)20-22(34-28-36(26(20)38)14(2)11-41-28)15(3)37-25-21(24(31)32-12-33-25)23(35-37)17-7-8-19(18(29)10-17)39-27(30)40/h4-12,15,27H,40H2,1-3H3,(H2,31,32,33)/t15-,27?/m0/s1. The molecule has 3 atom stereocenters. The van der Waals surface area contributed by atoms with E-state index in [4.69, 9.17) is 20.6 Å². The summed E-state index contributed by atoms with van der Waals surface area (Å²) >= 11 is 1.37. The van der Waals surface area contributed by atoms with Crippen LogP contribution < -0.4 is 16.0 Å². The average Bonchev–Trinajstić information content (AvgIpc) is 3.51. The molecule has 41 heavy (non-hydrogen) atoms. The molecule has 2 N–H and O–H groups in total. The van der Waals surface area contributed by atoms with Crippen LogP contribution in [-0.2, 0) is 0 Å². The second-order valence-corrected chi connectivity index (χ2v) is 10.9. The normalized spacial score (nSPS) is 13.1. The van der Waals surface area contributed by atoms with E-state index in [-0.39, 0.29) is 17.1 Å². The third kappa shape index (κ3) is 4.62. The molecule has 208 valence electrons. The fraction of sp³-hybridized carbons (Fsp3) is 0.179. The van der Waals surface area contributed by atoms with Crippen molar-refractivity contribution in [1.82, 2.24) is 29.1 Å². The van der Waals surface area contributed by atoms with Crippen LogP contribution in [0.4, 0.5) is 14.6 Å². The molecule has 0 amide bonds. The molecule has 4 heterocycles. The number of hydrogen-bond acceptors (Lipinski definition) is 8. The fourth-order valence-electron chi connectivity index (χ4n) is 4.92. The molecule has 4 aromatic heterocycles. The lowest BCUT2D eigenvalue weighted by atomic mass is 10.00. The molecular formula is C28H24F2N7O2PS. The summed E-state index contributed by atoms with van der Waals surface area (Å²) in [7, 11) is 1.81. The minimum absolute atomic E-state index is 0.147. The van der Waals surface area contributed by atoms with Crippen LogP contribution in [0.15, 0.2) is 59.0 Å². The maximum atomic E-state index is 14.9. The van der Waals surface area contributed by atoms with Gasteiger partial charge >= 0.3 is 0 Å². The number of fused-ring (bicyclic) bond motifs is 2. The van der Waals surface area contributed by atoms with Crippen LogP contribution in [0.1, 0.15) is 29.9 Å². The van der Waals surface area contributed by atoms with Gasteiger partial charge in [-0.05, 0) is 44.5 Å². The van der Waals surface area contributed by atoms with Gasteiger partial charge in [-0.3, -0.25) is 9.20 Å². The van der Waals surface area contributed by atoms with Gasteiger partial charge < -0.3 is 10.5 Å². The number of nitrogens with two attached hydrogens (primary N) is 1. The van der Waals surface area contributed by atoms with Gasteiger partial charge in [0.05, 0.1) is 22.7 Å². The zero-order chi connectivity index (χ0) is 29.0. The lowest BCUT2D eigenvalue weighted by Gasteiger charge is -2.17. The highest BCUT2D eigenvalue weighted by Crippen LogP contribution is 2.36. The van der Waals surface area contributed by atoms with Gasteiger partial charge in [0.25, 0.3) is 5.56 Å². The van der Waals surface area contributed by atoms with E-state index in [0.717, 1.165) is 16.8 Å². The summed E-state index contributed by atoms with van der Waals surface area (Å²) in [5, 5.41) is 7.09. The molecule has 0 bridgehead atoms. The predicted octanol–water partition coefficient (Wildman–Crippen LogP) is 5.68. The van der Waals surface area contributed by atoms with Crippen molar-refractivity contribution in [2.45, 2.75) is 32.9 Å². The van der Waals surface area contributed by atoms with Crippen LogP contribution in [0, 0.1) is 19.7 Å². The maximum Gasteiger partial charge on any atom is 0.266 e. The van der Waals surface area contributed by atoms with Crippen molar-refractivity contribution in [3.63, 3.8) is 0 Å². The number of thiazole rings is 1. The molecule has 0 aliphatic heterocycles. The number of hydrogen-bond donors (Lipinski definition) is 1. The number of ether oxygens (including phenoxy) is 1. The predicted molar refractivity (Wildman–Crippen MR) is 158 cm³/mol. The zero-order valence-corrected chi connectivity index (χ0v) is 24.1. The van der Waals surface area contributed by atoms with E-state index in [1.807, 2.05) is 59.7 Å². The molecule has 9 nitrogen and oxygen atoms in total. The van der Waals surface area contributed by atoms with Gasteiger partial charge in [-0.25, -0.2) is 24.0 Å². The van der Waals surface area contributed by atoms with Gasteiger partial charge in [0.15, 0.2) is 22.2 Å². The number of aryl methyl sites for hydroxylation is 2. The Bertz CT molecular complexity index is 2020. The first-order chi connectivity index (χ1) is 19.6. The summed E-state index contributed by atoms with van der Waals surface area (Å²) in [5.41, 5.74) is 10.6. The van der Waals surface area contributed by atoms with Crippen molar-refractivity contribution in [2.24, 2.45) is 0 Å². The molecule has 0 fully saturated rings. The lowest BCUT2D eigenvalue weighted by Crippen LogP contribution is -2.23. The number of benzene rings is 2. The third-order valence-corrected chi connectivity index (χ3v) is 7.88. The molecule has 6 rings (SSSR count). The molecule has 6 aromatic rings. The molecule has 0 aliphatic rings. The van der Waals surface area contributed by atoms with Gasteiger partial charge in [-0.1, -0.05) is 39.1 Å². The quantitative estimate of drug-likeness (QED) is 0.248. The SMILES string of the molecule is Cc1cccc(-c2c([C@H](C)n3nc(-c4ccc(OC(F)P)c(F)c4)c4c(N)ncnc43)nc3scc(C)n3c2=O)c1. The topological polar surface area (TPSA) is 113 Å². The monoisotopic (exact) mass is 591 g/mol. The summed E-state index contributed by atoms with van der Waals surface area (Å²) in [5.74, 6) is -0.868. The largest absolute Gasteiger partial charge is 0.454 e. The Morgan fingerprint density at radius 1 is 1.12 bits per heavy atom. The number of anilines is 1. The van der Waals surface area contributed by atoms with Crippen LogP contribution in [0.5, 0.6) is 5.75 Å². The second-order valence-electron chi connectivity index (χ2n) is 9.58. The molecule has 0 saturated carbocycles. The average molecular weight is 592 g/mol. The second kappa shape index (κ2) is 10.3. The molecular weight excluding hydrogens is 567 g/mol. The van der Waals surface area contributed by atoms with Crippen molar-refractivity contribution in [3.05, 3.63) is 87.3 Å². The molecule has 2 aromatic carbocycles. The lowest BCUT2D eigenvalue weighted by molar-refractivity contribution is 0.147. The van der Waals surface area contributed by atoms with Gasteiger partial charge in [0.1, 0.15) is 17.8 Å². The molecule has 0 saturated heterocycles. The van der Waals surface area contributed by atoms with E-state index in [0.29, 0.717) is 38.5 Å². The highest BCUT2D eigenvalue weighted by Gasteiger charge is 2.27. The smallest absolute Gasteiger partial charge is 0.266 e. The Morgan fingerprint density at radius 2 is 1.93 bits per heavy atom. The molecule has 2 unspecified atom stereocenters. The minimum Gasteiger partial charge on any atom is -0.454 e. The van der Waals surface area contributed by atoms with E-state index in [2.05, 4.69) is 9.97 Å². The zero-order valence-electron chi connectivity index (χ0n) is 22.2. The number of rotatable bonds is 6. The summed E-state index contributed by atoms with van der Waals surface area (Å²) in [6.07, 6.45) is -0.441. The third-order valence-electron chi connectivity index (χ3n) is 6.80. The van der Waals surface area contributed by atoms with Crippen molar-refractivity contribution >= 4 is 42.4 Å². The first-order valence-corrected chi connectivity index (χ1v) is 14.1. The van der Waals surface area contributed by atoms with E-state index >= 15 is 0 Å². The van der Waals surface area contributed by atoms with E-state index in [9.17, 15) is 13.6 Å². The first-order valence-electron chi connectivity index (χ1n) is 12.6. The summed E-state index contributed by atoms with van der Waals surface area (Å²) in [6.45, 7) is 5.69. The Labute approximate surface area is 238 Å².